The Bertz CT molecular complexity index is 580. The number of H-pyrrole nitrogens is 1. The van der Waals surface area contributed by atoms with Crippen molar-refractivity contribution in [3.63, 3.8) is 0 Å². The molecule has 19 heavy (non-hydrogen) atoms. The molecule has 0 bridgehead atoms. The minimum Gasteiger partial charge on any atom is -0.319 e. The molecule has 0 saturated carbocycles. The quantitative estimate of drug-likeness (QED) is 0.788. The SMILES string of the molecule is CCCCSCCCc1nc2ccccc2[nH]c1=O. The minimum atomic E-state index is -0.0442. The Morgan fingerprint density at radius 2 is 2.00 bits per heavy atom. The van der Waals surface area contributed by atoms with Crippen LogP contribution in [0.15, 0.2) is 29.1 Å². The van der Waals surface area contributed by atoms with Gasteiger partial charge in [-0.3, -0.25) is 4.79 Å². The van der Waals surface area contributed by atoms with Crippen molar-refractivity contribution in [2.75, 3.05) is 11.5 Å². The van der Waals surface area contributed by atoms with Crippen LogP contribution in [0.2, 0.25) is 0 Å². The fraction of sp³-hybridized carbons (Fsp3) is 0.467. The van der Waals surface area contributed by atoms with E-state index in [1.165, 1.54) is 18.6 Å². The van der Waals surface area contributed by atoms with Crippen LogP contribution in [0.3, 0.4) is 0 Å². The molecule has 2 rings (SSSR count). The first kappa shape index (κ1) is 14.1. The summed E-state index contributed by atoms with van der Waals surface area (Å²) in [6.07, 6.45) is 4.31. The molecule has 0 aliphatic rings. The lowest BCUT2D eigenvalue weighted by atomic mass is 10.2. The topological polar surface area (TPSA) is 45.8 Å². The molecule has 0 aliphatic carbocycles. The molecule has 1 aromatic heterocycles. The number of aromatic nitrogens is 2. The normalized spacial score (nSPS) is 11.0. The van der Waals surface area contributed by atoms with Crippen LogP contribution in [0.5, 0.6) is 0 Å². The van der Waals surface area contributed by atoms with Gasteiger partial charge in [0.2, 0.25) is 0 Å². The summed E-state index contributed by atoms with van der Waals surface area (Å²) in [5.74, 6) is 2.33. The number of nitrogens with one attached hydrogen (secondary N) is 1. The van der Waals surface area contributed by atoms with Gasteiger partial charge in [-0.25, -0.2) is 4.98 Å². The lowest BCUT2D eigenvalue weighted by molar-refractivity contribution is 0.867. The van der Waals surface area contributed by atoms with Crippen LogP contribution in [-0.4, -0.2) is 21.5 Å². The van der Waals surface area contributed by atoms with E-state index in [0.717, 1.165) is 29.6 Å². The standard InChI is InChI=1S/C15H20N2OS/c1-2-3-10-19-11-6-9-14-15(18)17-13-8-5-4-7-12(13)16-14/h4-5,7-8H,2-3,6,9-11H2,1H3,(H,17,18). The summed E-state index contributed by atoms with van der Waals surface area (Å²) in [6, 6.07) is 7.67. The number of hydrogen-bond acceptors (Lipinski definition) is 3. The van der Waals surface area contributed by atoms with E-state index in [0.29, 0.717) is 5.69 Å². The van der Waals surface area contributed by atoms with E-state index < -0.39 is 0 Å². The summed E-state index contributed by atoms with van der Waals surface area (Å²) in [5, 5.41) is 0. The van der Waals surface area contributed by atoms with E-state index in [9.17, 15) is 4.79 Å². The molecular formula is C15H20N2OS. The Kier molecular flexibility index (Phi) is 5.45. The van der Waals surface area contributed by atoms with E-state index >= 15 is 0 Å². The van der Waals surface area contributed by atoms with Crippen molar-refractivity contribution in [2.24, 2.45) is 0 Å². The number of nitrogens with zero attached hydrogens (tertiary/aromatic N) is 1. The van der Waals surface area contributed by atoms with Crippen molar-refractivity contribution in [3.05, 3.63) is 40.3 Å². The van der Waals surface area contributed by atoms with Crippen molar-refractivity contribution < 1.29 is 0 Å². The van der Waals surface area contributed by atoms with Gasteiger partial charge in [0.15, 0.2) is 0 Å². The number of fused-ring (bicyclic) bond motifs is 1. The first-order valence-corrected chi connectivity index (χ1v) is 8.02. The van der Waals surface area contributed by atoms with Crippen molar-refractivity contribution in [3.8, 4) is 0 Å². The molecule has 0 unspecified atom stereocenters. The van der Waals surface area contributed by atoms with Gasteiger partial charge < -0.3 is 4.98 Å². The third-order valence-corrected chi connectivity index (χ3v) is 4.17. The second-order valence-electron chi connectivity index (χ2n) is 4.60. The zero-order valence-corrected chi connectivity index (χ0v) is 12.1. The second kappa shape index (κ2) is 7.34. The van der Waals surface area contributed by atoms with Crippen LogP contribution in [0, 0.1) is 0 Å². The van der Waals surface area contributed by atoms with E-state index in [-0.39, 0.29) is 5.56 Å². The Balaban J connectivity index is 1.93. The number of para-hydroxylation sites is 2. The summed E-state index contributed by atoms with van der Waals surface area (Å²) in [5.41, 5.74) is 2.30. The highest BCUT2D eigenvalue weighted by molar-refractivity contribution is 7.99. The number of rotatable bonds is 7. The molecule has 1 aromatic carbocycles. The largest absolute Gasteiger partial charge is 0.319 e. The van der Waals surface area contributed by atoms with Gasteiger partial charge in [-0.15, -0.1) is 0 Å². The van der Waals surface area contributed by atoms with Gasteiger partial charge in [-0.05, 0) is 42.9 Å². The molecule has 0 spiro atoms. The molecule has 4 heteroatoms. The Morgan fingerprint density at radius 3 is 2.84 bits per heavy atom. The van der Waals surface area contributed by atoms with Crippen LogP contribution in [0.1, 0.15) is 31.9 Å². The predicted molar refractivity (Wildman–Crippen MR) is 82.9 cm³/mol. The summed E-state index contributed by atoms with van der Waals surface area (Å²) < 4.78 is 0. The highest BCUT2D eigenvalue weighted by atomic mass is 32.2. The summed E-state index contributed by atoms with van der Waals surface area (Å²) >= 11 is 1.97. The van der Waals surface area contributed by atoms with Gasteiger partial charge in [0.25, 0.3) is 5.56 Å². The molecule has 0 saturated heterocycles. The van der Waals surface area contributed by atoms with Crippen LogP contribution in [0.4, 0.5) is 0 Å². The molecule has 0 amide bonds. The number of thioether (sulfide) groups is 1. The molecule has 2 aromatic rings. The summed E-state index contributed by atoms with van der Waals surface area (Å²) in [4.78, 5) is 19.2. The first-order valence-electron chi connectivity index (χ1n) is 6.87. The average molecular weight is 276 g/mol. The molecule has 0 aliphatic heterocycles. The van der Waals surface area contributed by atoms with E-state index in [4.69, 9.17) is 0 Å². The fourth-order valence-electron chi connectivity index (χ4n) is 1.93. The van der Waals surface area contributed by atoms with Gasteiger partial charge in [0.05, 0.1) is 11.0 Å². The maximum Gasteiger partial charge on any atom is 0.270 e. The molecule has 0 fully saturated rings. The monoisotopic (exact) mass is 276 g/mol. The number of aryl methyl sites for hydroxylation is 1. The summed E-state index contributed by atoms with van der Waals surface area (Å²) in [7, 11) is 0. The smallest absolute Gasteiger partial charge is 0.270 e. The van der Waals surface area contributed by atoms with Crippen LogP contribution >= 0.6 is 11.8 Å². The van der Waals surface area contributed by atoms with Crippen LogP contribution in [-0.2, 0) is 6.42 Å². The number of benzene rings is 1. The zero-order valence-electron chi connectivity index (χ0n) is 11.3. The van der Waals surface area contributed by atoms with Crippen molar-refractivity contribution in [2.45, 2.75) is 32.6 Å². The molecule has 1 N–H and O–H groups in total. The van der Waals surface area contributed by atoms with Gasteiger partial charge in [-0.2, -0.15) is 11.8 Å². The molecule has 0 atom stereocenters. The lowest BCUT2D eigenvalue weighted by Gasteiger charge is -2.03. The predicted octanol–water partition coefficient (Wildman–Crippen LogP) is 3.39. The van der Waals surface area contributed by atoms with E-state index in [2.05, 4.69) is 16.9 Å². The third kappa shape index (κ3) is 4.10. The lowest BCUT2D eigenvalue weighted by Crippen LogP contribution is -2.15. The molecular weight excluding hydrogens is 256 g/mol. The minimum absolute atomic E-state index is 0.0442. The highest BCUT2D eigenvalue weighted by Gasteiger charge is 2.04. The Hall–Kier alpha value is -1.29. The number of unbranched alkanes of at least 4 members (excludes halogenated alkanes) is 1. The van der Waals surface area contributed by atoms with Gasteiger partial charge in [-0.1, -0.05) is 25.5 Å². The van der Waals surface area contributed by atoms with Crippen molar-refractivity contribution in [1.29, 1.82) is 0 Å². The van der Waals surface area contributed by atoms with Crippen LogP contribution in [0.25, 0.3) is 11.0 Å². The molecule has 3 nitrogen and oxygen atoms in total. The maximum absolute atomic E-state index is 11.9. The maximum atomic E-state index is 11.9. The van der Waals surface area contributed by atoms with E-state index in [1.807, 2.05) is 36.0 Å². The molecule has 0 radical (unpaired) electrons. The number of hydrogen-bond donors (Lipinski definition) is 1. The van der Waals surface area contributed by atoms with Crippen LogP contribution < -0.4 is 5.56 Å². The fourth-order valence-corrected chi connectivity index (χ4v) is 2.97. The average Bonchev–Trinajstić information content (AvgIpc) is 2.43. The zero-order chi connectivity index (χ0) is 13.5. The van der Waals surface area contributed by atoms with Gasteiger partial charge in [0.1, 0.15) is 5.69 Å². The van der Waals surface area contributed by atoms with E-state index in [1.54, 1.807) is 0 Å². The highest BCUT2D eigenvalue weighted by Crippen LogP contribution is 2.10. The number of aromatic amines is 1. The second-order valence-corrected chi connectivity index (χ2v) is 5.82. The van der Waals surface area contributed by atoms with Crippen molar-refractivity contribution >= 4 is 22.8 Å². The van der Waals surface area contributed by atoms with Gasteiger partial charge in [0, 0.05) is 0 Å². The van der Waals surface area contributed by atoms with Crippen molar-refractivity contribution in [1.82, 2.24) is 9.97 Å². The molecule has 102 valence electrons. The molecule has 1 heterocycles. The summed E-state index contributed by atoms with van der Waals surface area (Å²) in [6.45, 7) is 2.21. The Labute approximate surface area is 117 Å². The third-order valence-electron chi connectivity index (χ3n) is 3.01. The first-order chi connectivity index (χ1) is 9.31. The Morgan fingerprint density at radius 1 is 1.21 bits per heavy atom. The van der Waals surface area contributed by atoms with Gasteiger partial charge >= 0.3 is 0 Å².